The minimum atomic E-state index is -1.33. The van der Waals surface area contributed by atoms with Crippen molar-refractivity contribution in [2.75, 3.05) is 18.5 Å². The molecule has 2 aliphatic rings. The van der Waals surface area contributed by atoms with E-state index in [-0.39, 0.29) is 6.61 Å². The van der Waals surface area contributed by atoms with Gasteiger partial charge < -0.3 is 29.2 Å². The average molecular weight is 501 g/mol. The lowest BCUT2D eigenvalue weighted by Crippen LogP contribution is -2.46. The molecule has 2 aliphatic heterocycles. The molecule has 8 heteroatoms. The number of benzene rings is 2. The van der Waals surface area contributed by atoms with Gasteiger partial charge in [-0.1, -0.05) is 60.7 Å². The Labute approximate surface area is 216 Å². The lowest BCUT2D eigenvalue weighted by Gasteiger charge is -2.30. The summed E-state index contributed by atoms with van der Waals surface area (Å²) >= 11 is 0. The van der Waals surface area contributed by atoms with E-state index in [2.05, 4.69) is 21.5 Å². The van der Waals surface area contributed by atoms with Gasteiger partial charge in [0.1, 0.15) is 35.6 Å². The molecule has 0 spiro atoms. The number of aromatic nitrogens is 3. The molecule has 1 unspecified atom stereocenters. The largest absolute Gasteiger partial charge is 0.383 e. The number of aryl methyl sites for hydroxylation is 1. The van der Waals surface area contributed by atoms with Crippen molar-refractivity contribution >= 4 is 16.9 Å². The van der Waals surface area contributed by atoms with Crippen molar-refractivity contribution in [2.45, 2.75) is 57.0 Å². The van der Waals surface area contributed by atoms with Crippen LogP contribution in [0.15, 0.2) is 73.2 Å². The summed E-state index contributed by atoms with van der Waals surface area (Å²) in [6.45, 7) is 3.75. The van der Waals surface area contributed by atoms with Crippen molar-refractivity contribution in [2.24, 2.45) is 0 Å². The summed E-state index contributed by atoms with van der Waals surface area (Å²) in [5.74, 6) is 0.827. The first-order chi connectivity index (χ1) is 18.1. The molecule has 2 N–H and O–H groups in total. The third-order valence-corrected chi connectivity index (χ3v) is 7.24. The molecule has 192 valence electrons. The van der Waals surface area contributed by atoms with E-state index in [0.717, 1.165) is 52.9 Å². The molecule has 2 aromatic heterocycles. The zero-order valence-corrected chi connectivity index (χ0v) is 20.9. The highest BCUT2D eigenvalue weighted by molar-refractivity contribution is 5.91. The Kier molecular flexibility index (Phi) is 6.65. The minimum Gasteiger partial charge on any atom is -0.383 e. The van der Waals surface area contributed by atoms with Crippen LogP contribution in [0.5, 0.6) is 0 Å². The van der Waals surface area contributed by atoms with E-state index < -0.39 is 24.0 Å². The summed E-state index contributed by atoms with van der Waals surface area (Å²) in [6.07, 6.45) is 3.74. The monoisotopic (exact) mass is 500 g/mol. The standard InChI is InChI=1S/C29H32N4O4/c1-29(34)25(36-17-21-11-6-3-7-12-21)23(18-35-16-20-9-4-2-5-10-20)37-28(29)33-15-22-13-8-14-30-26-24(22)27(33)32-19-31-26/h2-7,9-12,15,19,23,25,28,34H,8,13-14,16-18H2,1H3,(H,30,31,32)/t23-,25-,28?,29-/m1/s1. The number of aliphatic hydroxyl groups is 1. The first-order valence-corrected chi connectivity index (χ1v) is 12.8. The Morgan fingerprint density at radius 2 is 1.78 bits per heavy atom. The number of anilines is 1. The Morgan fingerprint density at radius 1 is 1.05 bits per heavy atom. The number of rotatable bonds is 8. The molecule has 0 amide bonds. The van der Waals surface area contributed by atoms with Gasteiger partial charge in [-0.3, -0.25) is 0 Å². The highest BCUT2D eigenvalue weighted by Crippen LogP contribution is 2.43. The smallest absolute Gasteiger partial charge is 0.167 e. The van der Waals surface area contributed by atoms with Crippen LogP contribution >= 0.6 is 0 Å². The minimum absolute atomic E-state index is 0.287. The molecule has 2 aromatic carbocycles. The third kappa shape index (κ3) is 4.73. The summed E-state index contributed by atoms with van der Waals surface area (Å²) in [5, 5.41) is 16.3. The molecule has 0 bridgehead atoms. The van der Waals surface area contributed by atoms with Crippen molar-refractivity contribution in [1.82, 2.24) is 14.5 Å². The van der Waals surface area contributed by atoms with Gasteiger partial charge in [-0.15, -0.1) is 0 Å². The molecule has 6 rings (SSSR count). The fraction of sp³-hybridized carbons (Fsp3) is 0.379. The zero-order chi connectivity index (χ0) is 25.2. The maximum Gasteiger partial charge on any atom is 0.167 e. The van der Waals surface area contributed by atoms with Crippen LogP contribution in [0.4, 0.5) is 5.82 Å². The van der Waals surface area contributed by atoms with E-state index in [1.807, 2.05) is 65.2 Å². The van der Waals surface area contributed by atoms with Crippen molar-refractivity contribution in [3.63, 3.8) is 0 Å². The first kappa shape index (κ1) is 24.1. The molecule has 1 fully saturated rings. The second kappa shape index (κ2) is 10.2. The molecule has 37 heavy (non-hydrogen) atoms. The lowest BCUT2D eigenvalue weighted by molar-refractivity contribution is -0.114. The fourth-order valence-corrected chi connectivity index (χ4v) is 5.42. The van der Waals surface area contributed by atoms with Crippen molar-refractivity contribution < 1.29 is 19.3 Å². The molecule has 0 radical (unpaired) electrons. The van der Waals surface area contributed by atoms with Crippen LogP contribution in [0.25, 0.3) is 11.0 Å². The van der Waals surface area contributed by atoms with E-state index in [1.54, 1.807) is 13.3 Å². The van der Waals surface area contributed by atoms with E-state index >= 15 is 0 Å². The normalized spacial score (nSPS) is 25.2. The molecule has 1 saturated heterocycles. The van der Waals surface area contributed by atoms with Crippen LogP contribution in [0.1, 0.15) is 36.3 Å². The number of nitrogens with one attached hydrogen (secondary N) is 1. The van der Waals surface area contributed by atoms with Crippen LogP contribution < -0.4 is 5.32 Å². The number of hydrogen-bond acceptors (Lipinski definition) is 7. The van der Waals surface area contributed by atoms with Crippen molar-refractivity contribution in [1.29, 1.82) is 0 Å². The molecule has 0 aliphatic carbocycles. The van der Waals surface area contributed by atoms with Gasteiger partial charge in [0.15, 0.2) is 6.23 Å². The Bertz CT molecular complexity index is 1340. The Balaban J connectivity index is 1.29. The van der Waals surface area contributed by atoms with Gasteiger partial charge in [-0.05, 0) is 36.5 Å². The molecular formula is C29H32N4O4. The molecule has 4 heterocycles. The lowest BCUT2D eigenvalue weighted by atomic mass is 9.96. The van der Waals surface area contributed by atoms with Gasteiger partial charge in [0, 0.05) is 12.7 Å². The fourth-order valence-electron chi connectivity index (χ4n) is 5.42. The second-order valence-corrected chi connectivity index (χ2v) is 9.98. The van der Waals surface area contributed by atoms with E-state index in [4.69, 9.17) is 14.2 Å². The predicted octanol–water partition coefficient (Wildman–Crippen LogP) is 4.24. The van der Waals surface area contributed by atoms with E-state index in [0.29, 0.717) is 13.2 Å². The maximum absolute atomic E-state index is 11.9. The van der Waals surface area contributed by atoms with Gasteiger partial charge in [0.2, 0.25) is 0 Å². The number of hydrogen-bond donors (Lipinski definition) is 2. The van der Waals surface area contributed by atoms with Gasteiger partial charge in [-0.25, -0.2) is 9.97 Å². The summed E-state index contributed by atoms with van der Waals surface area (Å²) in [6, 6.07) is 20.0. The number of ether oxygens (including phenoxy) is 3. The Morgan fingerprint density at radius 3 is 2.54 bits per heavy atom. The molecular weight excluding hydrogens is 468 g/mol. The molecule has 8 nitrogen and oxygen atoms in total. The topological polar surface area (TPSA) is 90.7 Å². The highest BCUT2D eigenvalue weighted by atomic mass is 16.6. The highest BCUT2D eigenvalue weighted by Gasteiger charge is 2.55. The molecule has 4 atom stereocenters. The maximum atomic E-state index is 11.9. The first-order valence-electron chi connectivity index (χ1n) is 12.8. The zero-order valence-electron chi connectivity index (χ0n) is 20.9. The predicted molar refractivity (Wildman–Crippen MR) is 140 cm³/mol. The molecule has 4 aromatic rings. The van der Waals surface area contributed by atoms with Gasteiger partial charge in [0.05, 0.1) is 25.2 Å². The summed E-state index contributed by atoms with van der Waals surface area (Å²) < 4.78 is 20.9. The SMILES string of the molecule is C[C@]1(O)C(n2cc3c4c(ncnc42)NCCC3)O[C@H](COCc2ccccc2)[C@H]1OCc1ccccc1. The van der Waals surface area contributed by atoms with Crippen LogP contribution in [-0.4, -0.2) is 50.6 Å². The van der Waals surface area contributed by atoms with Crippen LogP contribution in [0, 0.1) is 0 Å². The second-order valence-electron chi connectivity index (χ2n) is 9.98. The van der Waals surface area contributed by atoms with Crippen molar-refractivity contribution in [3.8, 4) is 0 Å². The molecule has 0 saturated carbocycles. The van der Waals surface area contributed by atoms with Crippen LogP contribution in [0.2, 0.25) is 0 Å². The van der Waals surface area contributed by atoms with Gasteiger partial charge in [0.25, 0.3) is 0 Å². The van der Waals surface area contributed by atoms with Gasteiger partial charge >= 0.3 is 0 Å². The summed E-state index contributed by atoms with van der Waals surface area (Å²) in [7, 11) is 0. The third-order valence-electron chi connectivity index (χ3n) is 7.24. The van der Waals surface area contributed by atoms with Gasteiger partial charge in [-0.2, -0.15) is 0 Å². The van der Waals surface area contributed by atoms with E-state index in [1.165, 1.54) is 0 Å². The summed E-state index contributed by atoms with van der Waals surface area (Å²) in [5.41, 5.74) is 2.68. The Hall–Kier alpha value is -3.30. The van der Waals surface area contributed by atoms with Crippen LogP contribution in [0.3, 0.4) is 0 Å². The summed E-state index contributed by atoms with van der Waals surface area (Å²) in [4.78, 5) is 9.04. The van der Waals surface area contributed by atoms with E-state index in [9.17, 15) is 5.11 Å². The quantitative estimate of drug-likeness (QED) is 0.374. The average Bonchev–Trinajstić information content (AvgIpc) is 3.30. The number of nitrogens with zero attached hydrogens (tertiary/aromatic N) is 3. The van der Waals surface area contributed by atoms with Crippen molar-refractivity contribution in [3.05, 3.63) is 89.9 Å². The van der Waals surface area contributed by atoms with Crippen LogP contribution in [-0.2, 0) is 33.8 Å².